The van der Waals surface area contributed by atoms with Crippen LogP contribution in [0.4, 0.5) is 5.69 Å². The first-order valence-corrected chi connectivity index (χ1v) is 14.7. The van der Waals surface area contributed by atoms with Gasteiger partial charge in [0, 0.05) is 31.3 Å². The maximum absolute atomic E-state index is 13.3. The molecule has 2 heterocycles. The summed E-state index contributed by atoms with van der Waals surface area (Å²) in [6.07, 6.45) is 2.24. The Morgan fingerprint density at radius 1 is 1.21 bits per heavy atom. The van der Waals surface area contributed by atoms with Gasteiger partial charge in [-0.05, 0) is 49.1 Å². The van der Waals surface area contributed by atoms with Crippen LogP contribution in [0.3, 0.4) is 0 Å². The fraction of sp³-hybridized carbons (Fsp3) is 0.571. The molecule has 1 aromatic rings. The first kappa shape index (κ1) is 20.7. The van der Waals surface area contributed by atoms with Crippen LogP contribution in [0.2, 0.25) is 25.7 Å². The van der Waals surface area contributed by atoms with E-state index in [1.54, 1.807) is 4.90 Å². The van der Waals surface area contributed by atoms with Crippen molar-refractivity contribution in [2.75, 3.05) is 18.2 Å². The number of benzene rings is 1. The van der Waals surface area contributed by atoms with Gasteiger partial charge in [-0.2, -0.15) is 0 Å². The highest BCUT2D eigenvalue weighted by atomic mass is 79.9. The molecule has 3 aliphatic rings. The van der Waals surface area contributed by atoms with Crippen LogP contribution in [0.25, 0.3) is 0 Å². The van der Waals surface area contributed by atoms with E-state index < -0.39 is 19.5 Å². The van der Waals surface area contributed by atoms with E-state index in [0.717, 1.165) is 34.6 Å². The first-order chi connectivity index (χ1) is 13.6. The number of fused-ring (bicyclic) bond motifs is 2. The minimum atomic E-state index is -1.25. The molecule has 6 nitrogen and oxygen atoms in total. The summed E-state index contributed by atoms with van der Waals surface area (Å²) < 4.78 is 6.61. The molecule has 156 valence electrons. The molecule has 1 aromatic carbocycles. The molecular formula is C21H27BrN2O4Si. The second-order valence-corrected chi connectivity index (χ2v) is 16.0. The first-order valence-electron chi connectivity index (χ1n) is 10.2. The summed E-state index contributed by atoms with van der Waals surface area (Å²) in [6, 6.07) is 6.14. The highest BCUT2D eigenvalue weighted by molar-refractivity contribution is 9.10. The number of likely N-dealkylation sites (tertiary alicyclic amines) is 1. The number of rotatable bonds is 6. The second-order valence-electron chi connectivity index (χ2n) is 9.48. The Labute approximate surface area is 180 Å². The van der Waals surface area contributed by atoms with Crippen molar-refractivity contribution in [3.63, 3.8) is 0 Å². The largest absolute Gasteiger partial charge is 0.361 e. The molecule has 29 heavy (non-hydrogen) atoms. The van der Waals surface area contributed by atoms with Crippen LogP contribution >= 0.6 is 15.9 Å². The molecule has 2 aliphatic heterocycles. The van der Waals surface area contributed by atoms with Gasteiger partial charge in [0.25, 0.3) is 5.91 Å². The number of amides is 3. The Kier molecular flexibility index (Phi) is 5.24. The second kappa shape index (κ2) is 7.32. The predicted molar refractivity (Wildman–Crippen MR) is 116 cm³/mol. The summed E-state index contributed by atoms with van der Waals surface area (Å²) in [5, 5.41) is 0. The average molecular weight is 479 g/mol. The summed E-state index contributed by atoms with van der Waals surface area (Å²) in [5.41, 5.74) is 1.34. The minimum absolute atomic E-state index is 0.00194. The Morgan fingerprint density at radius 3 is 2.59 bits per heavy atom. The third-order valence-corrected chi connectivity index (χ3v) is 8.32. The monoisotopic (exact) mass is 478 g/mol. The number of carbonyl (C=O) groups is 3. The average Bonchev–Trinajstić information content (AvgIpc) is 3.40. The fourth-order valence-corrected chi connectivity index (χ4v) is 5.32. The maximum atomic E-state index is 13.3. The van der Waals surface area contributed by atoms with Gasteiger partial charge in [0.05, 0.1) is 5.41 Å². The lowest BCUT2D eigenvalue weighted by Crippen LogP contribution is -2.56. The van der Waals surface area contributed by atoms with E-state index in [9.17, 15) is 14.4 Å². The topological polar surface area (TPSA) is 66.9 Å². The molecule has 4 rings (SSSR count). The summed E-state index contributed by atoms with van der Waals surface area (Å²) >= 11 is 3.50. The van der Waals surface area contributed by atoms with Crippen molar-refractivity contribution < 1.29 is 19.1 Å². The van der Waals surface area contributed by atoms with Crippen molar-refractivity contribution in [1.82, 2.24) is 4.90 Å². The van der Waals surface area contributed by atoms with Crippen LogP contribution in [-0.4, -0.2) is 50.1 Å². The Balaban J connectivity index is 1.53. The molecule has 1 saturated carbocycles. The standard InChI is InChI=1S/C21H27BrN2O4Si/c1-29(2,3)11-10-28-13-23-18(25)7-6-17(19(23)26)24-16-5-4-14(22)12-15(16)21(8-9-21)20(24)27/h4-5,12,17H,6-11,13H2,1-3H3. The van der Waals surface area contributed by atoms with E-state index in [4.69, 9.17) is 4.74 Å². The zero-order chi connectivity index (χ0) is 21.0. The van der Waals surface area contributed by atoms with E-state index in [-0.39, 0.29) is 30.9 Å². The number of anilines is 1. The number of halogens is 1. The molecule has 1 atom stereocenters. The molecule has 1 saturated heterocycles. The number of piperidine rings is 1. The number of imide groups is 1. The molecule has 0 N–H and O–H groups in total. The number of nitrogens with zero attached hydrogens (tertiary/aromatic N) is 2. The number of hydrogen-bond donors (Lipinski definition) is 0. The van der Waals surface area contributed by atoms with Gasteiger partial charge in [-0.3, -0.25) is 24.2 Å². The highest BCUT2D eigenvalue weighted by Crippen LogP contribution is 2.58. The highest BCUT2D eigenvalue weighted by Gasteiger charge is 2.61. The van der Waals surface area contributed by atoms with E-state index in [1.165, 1.54) is 4.90 Å². The van der Waals surface area contributed by atoms with Crippen LogP contribution in [0, 0.1) is 0 Å². The smallest absolute Gasteiger partial charge is 0.254 e. The van der Waals surface area contributed by atoms with E-state index >= 15 is 0 Å². The van der Waals surface area contributed by atoms with Crippen molar-refractivity contribution >= 4 is 47.4 Å². The van der Waals surface area contributed by atoms with Crippen LogP contribution in [0.1, 0.15) is 31.2 Å². The van der Waals surface area contributed by atoms with Crippen molar-refractivity contribution in [2.45, 2.75) is 62.8 Å². The molecule has 3 amide bonds. The molecule has 1 spiro atoms. The summed E-state index contributed by atoms with van der Waals surface area (Å²) in [4.78, 5) is 41.7. The fourth-order valence-electron chi connectivity index (χ4n) is 4.21. The molecular weight excluding hydrogens is 452 g/mol. The summed E-state index contributed by atoms with van der Waals surface area (Å²) in [6.45, 7) is 7.28. The molecule has 0 radical (unpaired) electrons. The van der Waals surface area contributed by atoms with Gasteiger partial charge >= 0.3 is 0 Å². The van der Waals surface area contributed by atoms with Gasteiger partial charge in [-0.15, -0.1) is 0 Å². The predicted octanol–water partition coefficient (Wildman–Crippen LogP) is 3.66. The lowest BCUT2D eigenvalue weighted by atomic mass is 9.98. The Hall–Kier alpha value is -1.51. The van der Waals surface area contributed by atoms with Crippen molar-refractivity contribution in [2.24, 2.45) is 0 Å². The van der Waals surface area contributed by atoms with Crippen LogP contribution < -0.4 is 4.90 Å². The molecule has 8 heteroatoms. The van der Waals surface area contributed by atoms with Gasteiger partial charge in [0.1, 0.15) is 12.8 Å². The van der Waals surface area contributed by atoms with Gasteiger partial charge < -0.3 is 4.74 Å². The zero-order valence-electron chi connectivity index (χ0n) is 17.2. The molecule has 2 fully saturated rings. The lowest BCUT2D eigenvalue weighted by Gasteiger charge is -2.35. The van der Waals surface area contributed by atoms with Crippen LogP contribution in [0.5, 0.6) is 0 Å². The third-order valence-electron chi connectivity index (χ3n) is 6.12. The van der Waals surface area contributed by atoms with Crippen molar-refractivity contribution in [3.05, 3.63) is 28.2 Å². The normalized spacial score (nSPS) is 23.2. The number of carbonyl (C=O) groups excluding carboxylic acids is 3. The number of hydrogen-bond acceptors (Lipinski definition) is 4. The zero-order valence-corrected chi connectivity index (χ0v) is 19.8. The molecule has 0 aromatic heterocycles. The van der Waals surface area contributed by atoms with Crippen molar-refractivity contribution in [1.29, 1.82) is 0 Å². The summed E-state index contributed by atoms with van der Waals surface area (Å²) in [7, 11) is -1.25. The minimum Gasteiger partial charge on any atom is -0.361 e. The van der Waals surface area contributed by atoms with Crippen LogP contribution in [-0.2, 0) is 24.5 Å². The quantitative estimate of drug-likeness (QED) is 0.355. The van der Waals surface area contributed by atoms with E-state index in [0.29, 0.717) is 13.0 Å². The Bertz CT molecular complexity index is 878. The molecule has 0 bridgehead atoms. The van der Waals surface area contributed by atoms with E-state index in [2.05, 4.69) is 35.6 Å². The van der Waals surface area contributed by atoms with E-state index in [1.807, 2.05) is 18.2 Å². The lowest BCUT2D eigenvalue weighted by molar-refractivity contribution is -0.156. The van der Waals surface area contributed by atoms with Gasteiger partial charge in [-0.1, -0.05) is 35.6 Å². The summed E-state index contributed by atoms with van der Waals surface area (Å²) in [5.74, 6) is -0.546. The Morgan fingerprint density at radius 2 is 1.93 bits per heavy atom. The third kappa shape index (κ3) is 3.70. The van der Waals surface area contributed by atoms with Gasteiger partial charge in [-0.25, -0.2) is 0 Å². The molecule has 1 unspecified atom stereocenters. The van der Waals surface area contributed by atoms with Gasteiger partial charge in [0.2, 0.25) is 11.8 Å². The van der Waals surface area contributed by atoms with Crippen LogP contribution in [0.15, 0.2) is 22.7 Å². The van der Waals surface area contributed by atoms with Crippen molar-refractivity contribution in [3.8, 4) is 0 Å². The SMILES string of the molecule is C[Si](C)(C)CCOCN1C(=O)CCC(N2C(=O)C3(CC3)c3cc(Br)ccc32)C1=O. The number of ether oxygens (including phenoxy) is 1. The van der Waals surface area contributed by atoms with Gasteiger partial charge in [0.15, 0.2) is 0 Å². The maximum Gasteiger partial charge on any atom is 0.254 e. The molecule has 1 aliphatic carbocycles.